The van der Waals surface area contributed by atoms with Crippen LogP contribution < -0.4 is 5.73 Å². The average Bonchev–Trinajstić information content (AvgIpc) is 3.08. The molecule has 0 atom stereocenters. The summed E-state index contributed by atoms with van der Waals surface area (Å²) < 4.78 is 2.20. The first-order valence-electron chi connectivity index (χ1n) is 7.46. The average molecular weight is 301 g/mol. The number of oxime groups is 1. The standard InChI is InChI=1S/C16H19N3O3/c17-16(18-22)11-5-2-7-13-15(11)10-4-1-6-12(10)19(13)9-3-8-14(20)21/h2,5,7,22H,1,3-4,6,8-9H2,(H2,17,18)(H,20,21). The van der Waals surface area contributed by atoms with E-state index in [2.05, 4.69) is 9.72 Å². The number of nitrogens with zero attached hydrogens (tertiary/aromatic N) is 2. The summed E-state index contributed by atoms with van der Waals surface area (Å²) in [6.07, 6.45) is 3.82. The van der Waals surface area contributed by atoms with Crippen molar-refractivity contribution < 1.29 is 15.1 Å². The number of benzene rings is 1. The lowest BCUT2D eigenvalue weighted by Gasteiger charge is -2.09. The summed E-state index contributed by atoms with van der Waals surface area (Å²) in [5.74, 6) is -0.659. The number of carboxylic acids is 1. The number of carbonyl (C=O) groups is 1. The molecule has 0 amide bonds. The Hall–Kier alpha value is -2.50. The van der Waals surface area contributed by atoms with Gasteiger partial charge in [-0.2, -0.15) is 0 Å². The zero-order valence-corrected chi connectivity index (χ0v) is 12.2. The van der Waals surface area contributed by atoms with Gasteiger partial charge in [0.2, 0.25) is 0 Å². The van der Waals surface area contributed by atoms with Crippen molar-refractivity contribution in [1.82, 2.24) is 4.57 Å². The third kappa shape index (κ3) is 2.30. The molecule has 0 unspecified atom stereocenters. The summed E-state index contributed by atoms with van der Waals surface area (Å²) in [7, 11) is 0. The maximum absolute atomic E-state index is 10.7. The molecular formula is C16H19N3O3. The fraction of sp³-hybridized carbons (Fsp3) is 0.375. The monoisotopic (exact) mass is 301 g/mol. The van der Waals surface area contributed by atoms with Gasteiger partial charge in [-0.15, -0.1) is 0 Å². The van der Waals surface area contributed by atoms with E-state index in [9.17, 15) is 4.79 Å². The number of hydrogen-bond donors (Lipinski definition) is 3. The second-order valence-corrected chi connectivity index (χ2v) is 5.61. The fourth-order valence-electron chi connectivity index (χ4n) is 3.43. The summed E-state index contributed by atoms with van der Waals surface area (Å²) in [4.78, 5) is 10.7. The van der Waals surface area contributed by atoms with E-state index < -0.39 is 5.97 Å². The Morgan fingerprint density at radius 3 is 2.91 bits per heavy atom. The van der Waals surface area contributed by atoms with E-state index in [1.165, 1.54) is 11.3 Å². The lowest BCUT2D eigenvalue weighted by Crippen LogP contribution is -2.13. The highest BCUT2D eigenvalue weighted by Crippen LogP contribution is 2.35. The molecule has 0 saturated heterocycles. The summed E-state index contributed by atoms with van der Waals surface area (Å²) >= 11 is 0. The SMILES string of the molecule is NC(=NO)c1cccc2c1c1c(n2CCCC(=O)O)CCC1. The number of fused-ring (bicyclic) bond motifs is 3. The highest BCUT2D eigenvalue weighted by Gasteiger charge is 2.24. The minimum Gasteiger partial charge on any atom is -0.481 e. The van der Waals surface area contributed by atoms with E-state index in [0.29, 0.717) is 13.0 Å². The molecule has 0 bridgehead atoms. The number of aromatic nitrogens is 1. The van der Waals surface area contributed by atoms with Gasteiger partial charge in [-0.05, 0) is 37.3 Å². The largest absolute Gasteiger partial charge is 0.481 e. The van der Waals surface area contributed by atoms with Crippen LogP contribution in [0.3, 0.4) is 0 Å². The van der Waals surface area contributed by atoms with E-state index in [0.717, 1.165) is 35.7 Å². The van der Waals surface area contributed by atoms with Gasteiger partial charge in [0.15, 0.2) is 5.84 Å². The first-order valence-corrected chi connectivity index (χ1v) is 7.46. The molecule has 1 aliphatic rings. The van der Waals surface area contributed by atoms with Crippen LogP contribution in [0.2, 0.25) is 0 Å². The highest BCUT2D eigenvalue weighted by molar-refractivity contribution is 6.10. The Morgan fingerprint density at radius 2 is 2.18 bits per heavy atom. The molecule has 0 spiro atoms. The molecule has 0 saturated carbocycles. The van der Waals surface area contributed by atoms with Crippen molar-refractivity contribution in [2.75, 3.05) is 0 Å². The smallest absolute Gasteiger partial charge is 0.303 e. The van der Waals surface area contributed by atoms with Crippen molar-refractivity contribution in [3.63, 3.8) is 0 Å². The topological polar surface area (TPSA) is 101 Å². The number of aliphatic carboxylic acids is 1. The molecule has 1 heterocycles. The second-order valence-electron chi connectivity index (χ2n) is 5.61. The Morgan fingerprint density at radius 1 is 1.36 bits per heavy atom. The number of hydrogen-bond acceptors (Lipinski definition) is 3. The van der Waals surface area contributed by atoms with Crippen molar-refractivity contribution in [1.29, 1.82) is 0 Å². The van der Waals surface area contributed by atoms with Crippen LogP contribution in [0.15, 0.2) is 23.4 Å². The number of amidine groups is 1. The molecule has 1 aliphatic carbocycles. The van der Waals surface area contributed by atoms with Crippen LogP contribution in [0.5, 0.6) is 0 Å². The van der Waals surface area contributed by atoms with Gasteiger partial charge < -0.3 is 20.6 Å². The molecule has 1 aromatic heterocycles. The van der Waals surface area contributed by atoms with Gasteiger partial charge in [-0.1, -0.05) is 17.3 Å². The predicted octanol–water partition coefficient (Wildman–Crippen LogP) is 2.09. The van der Waals surface area contributed by atoms with Crippen molar-refractivity contribution >= 4 is 22.7 Å². The number of carboxylic acid groups (broad SMARTS) is 1. The molecule has 0 aliphatic heterocycles. The second kappa shape index (κ2) is 5.71. The Bertz CT molecular complexity index is 762. The molecule has 6 heteroatoms. The van der Waals surface area contributed by atoms with Crippen LogP contribution in [0.25, 0.3) is 10.9 Å². The van der Waals surface area contributed by atoms with Crippen LogP contribution in [0, 0.1) is 0 Å². The Kier molecular flexibility index (Phi) is 3.75. The molecular weight excluding hydrogens is 282 g/mol. The van der Waals surface area contributed by atoms with Gasteiger partial charge in [0.25, 0.3) is 0 Å². The molecule has 116 valence electrons. The predicted molar refractivity (Wildman–Crippen MR) is 83.3 cm³/mol. The van der Waals surface area contributed by atoms with Crippen LogP contribution in [-0.4, -0.2) is 26.7 Å². The third-order valence-corrected chi connectivity index (χ3v) is 4.31. The van der Waals surface area contributed by atoms with E-state index in [1.54, 1.807) is 0 Å². The first kappa shape index (κ1) is 14.4. The van der Waals surface area contributed by atoms with E-state index in [4.69, 9.17) is 16.0 Å². The fourth-order valence-corrected chi connectivity index (χ4v) is 3.43. The lowest BCUT2D eigenvalue weighted by atomic mass is 10.0. The minimum atomic E-state index is -0.773. The van der Waals surface area contributed by atoms with Crippen LogP contribution in [0.1, 0.15) is 36.1 Å². The maximum Gasteiger partial charge on any atom is 0.303 e. The van der Waals surface area contributed by atoms with Gasteiger partial charge in [0.05, 0.1) is 0 Å². The van der Waals surface area contributed by atoms with E-state index in [-0.39, 0.29) is 12.3 Å². The van der Waals surface area contributed by atoms with Gasteiger partial charge in [0.1, 0.15) is 0 Å². The summed E-state index contributed by atoms with van der Waals surface area (Å²) in [5, 5.41) is 22.0. The van der Waals surface area contributed by atoms with Crippen LogP contribution in [0.4, 0.5) is 0 Å². The lowest BCUT2D eigenvalue weighted by molar-refractivity contribution is -0.137. The van der Waals surface area contributed by atoms with Gasteiger partial charge in [-0.3, -0.25) is 4.79 Å². The Labute approximate surface area is 127 Å². The highest BCUT2D eigenvalue weighted by atomic mass is 16.4. The molecule has 3 rings (SSSR count). The van der Waals surface area contributed by atoms with Gasteiger partial charge >= 0.3 is 5.97 Å². The van der Waals surface area contributed by atoms with Crippen LogP contribution in [-0.2, 0) is 24.2 Å². The minimum absolute atomic E-state index is 0.114. The zero-order valence-electron chi connectivity index (χ0n) is 12.2. The normalized spacial score (nSPS) is 14.5. The quantitative estimate of drug-likeness (QED) is 0.340. The molecule has 2 aromatic rings. The number of rotatable bonds is 5. The zero-order chi connectivity index (χ0) is 15.7. The molecule has 1 aromatic carbocycles. The van der Waals surface area contributed by atoms with E-state index in [1.807, 2.05) is 18.2 Å². The van der Waals surface area contributed by atoms with Gasteiger partial charge in [-0.25, -0.2) is 0 Å². The maximum atomic E-state index is 10.7. The van der Waals surface area contributed by atoms with Crippen molar-refractivity contribution in [2.24, 2.45) is 10.9 Å². The molecule has 0 fully saturated rings. The van der Waals surface area contributed by atoms with Crippen LogP contribution >= 0.6 is 0 Å². The summed E-state index contributed by atoms with van der Waals surface area (Å²) in [6, 6.07) is 5.76. The Balaban J connectivity index is 2.11. The van der Waals surface area contributed by atoms with Crippen molar-refractivity contribution in [3.8, 4) is 0 Å². The number of nitrogens with two attached hydrogens (primary N) is 1. The first-order chi connectivity index (χ1) is 10.6. The molecule has 6 nitrogen and oxygen atoms in total. The summed E-state index contributed by atoms with van der Waals surface area (Å²) in [5.41, 5.74) is 10.1. The van der Waals surface area contributed by atoms with Crippen molar-refractivity contribution in [3.05, 3.63) is 35.0 Å². The number of aryl methyl sites for hydroxylation is 2. The molecule has 22 heavy (non-hydrogen) atoms. The van der Waals surface area contributed by atoms with Gasteiger partial charge in [0, 0.05) is 35.1 Å². The summed E-state index contributed by atoms with van der Waals surface area (Å²) in [6.45, 7) is 0.678. The van der Waals surface area contributed by atoms with Crippen molar-refractivity contribution in [2.45, 2.75) is 38.6 Å². The van der Waals surface area contributed by atoms with E-state index >= 15 is 0 Å². The molecule has 0 radical (unpaired) electrons. The molecule has 4 N–H and O–H groups in total. The third-order valence-electron chi connectivity index (χ3n) is 4.31.